The van der Waals surface area contributed by atoms with Crippen LogP contribution in [0.2, 0.25) is 0 Å². The Labute approximate surface area is 113 Å². The lowest BCUT2D eigenvalue weighted by Gasteiger charge is -2.12. The van der Waals surface area contributed by atoms with Crippen LogP contribution in [0.4, 0.5) is 5.69 Å². The van der Waals surface area contributed by atoms with E-state index in [0.29, 0.717) is 11.3 Å². The molecule has 0 aliphatic rings. The number of sulfonamides is 1. The molecule has 1 atom stereocenters. The minimum absolute atomic E-state index is 0.0622. The van der Waals surface area contributed by atoms with E-state index in [0.717, 1.165) is 6.42 Å². The van der Waals surface area contributed by atoms with Crippen LogP contribution in [0, 0.1) is 5.92 Å². The van der Waals surface area contributed by atoms with Crippen molar-refractivity contribution in [1.82, 2.24) is 0 Å². The maximum atomic E-state index is 11.9. The van der Waals surface area contributed by atoms with Gasteiger partial charge in [-0.3, -0.25) is 9.52 Å². The molecule has 0 aromatic heterocycles. The van der Waals surface area contributed by atoms with Crippen molar-refractivity contribution >= 4 is 21.7 Å². The van der Waals surface area contributed by atoms with Gasteiger partial charge < -0.3 is 5.11 Å². The molecule has 19 heavy (non-hydrogen) atoms. The first-order valence-electron chi connectivity index (χ1n) is 6.13. The van der Waals surface area contributed by atoms with Gasteiger partial charge in [-0.2, -0.15) is 0 Å². The van der Waals surface area contributed by atoms with Gasteiger partial charge >= 0.3 is 5.97 Å². The van der Waals surface area contributed by atoms with Gasteiger partial charge in [0.05, 0.1) is 12.2 Å². The fraction of sp³-hybridized carbons (Fsp3) is 0.462. The Kier molecular flexibility index (Phi) is 5.35. The number of aliphatic carboxylic acids is 1. The van der Waals surface area contributed by atoms with E-state index in [4.69, 9.17) is 5.11 Å². The van der Waals surface area contributed by atoms with Gasteiger partial charge in [-0.05, 0) is 23.6 Å². The van der Waals surface area contributed by atoms with Crippen molar-refractivity contribution in [2.75, 3.05) is 10.5 Å². The van der Waals surface area contributed by atoms with E-state index in [1.54, 1.807) is 24.3 Å². The molecule has 6 heteroatoms. The molecule has 0 saturated carbocycles. The predicted octanol–water partition coefficient (Wildman–Crippen LogP) is 2.10. The maximum Gasteiger partial charge on any atom is 0.307 e. The van der Waals surface area contributed by atoms with Crippen molar-refractivity contribution in [1.29, 1.82) is 0 Å². The van der Waals surface area contributed by atoms with Gasteiger partial charge in [0.25, 0.3) is 0 Å². The standard InChI is InChI=1S/C13H19NO4S/c1-3-10(2)9-19(17,18)14-12-6-4-5-11(7-12)8-13(15)16/h4-7,10,14H,3,8-9H2,1-2H3,(H,15,16). The molecular formula is C13H19NO4S. The molecule has 0 bridgehead atoms. The topological polar surface area (TPSA) is 83.5 Å². The molecule has 1 unspecified atom stereocenters. The van der Waals surface area contributed by atoms with E-state index >= 15 is 0 Å². The van der Waals surface area contributed by atoms with Gasteiger partial charge in [-0.25, -0.2) is 8.42 Å². The van der Waals surface area contributed by atoms with Crippen molar-refractivity contribution in [2.24, 2.45) is 5.92 Å². The zero-order valence-corrected chi connectivity index (χ0v) is 11.9. The van der Waals surface area contributed by atoms with Crippen LogP contribution in [0.1, 0.15) is 25.8 Å². The fourth-order valence-electron chi connectivity index (χ4n) is 1.63. The number of carboxylic acids is 1. The molecule has 5 nitrogen and oxygen atoms in total. The molecule has 0 aliphatic heterocycles. The van der Waals surface area contributed by atoms with Crippen LogP contribution < -0.4 is 4.72 Å². The third-order valence-electron chi connectivity index (χ3n) is 2.76. The van der Waals surface area contributed by atoms with E-state index in [-0.39, 0.29) is 18.1 Å². The second-order valence-corrected chi connectivity index (χ2v) is 6.43. The van der Waals surface area contributed by atoms with E-state index < -0.39 is 16.0 Å². The van der Waals surface area contributed by atoms with Crippen molar-refractivity contribution in [3.63, 3.8) is 0 Å². The molecule has 2 N–H and O–H groups in total. The molecular weight excluding hydrogens is 266 g/mol. The summed E-state index contributed by atoms with van der Waals surface area (Å²) >= 11 is 0. The van der Waals surface area contributed by atoms with Crippen LogP contribution >= 0.6 is 0 Å². The first kappa shape index (κ1) is 15.5. The lowest BCUT2D eigenvalue weighted by Crippen LogP contribution is -2.21. The molecule has 1 aromatic rings. The number of anilines is 1. The van der Waals surface area contributed by atoms with Crippen molar-refractivity contribution in [3.8, 4) is 0 Å². The summed E-state index contributed by atoms with van der Waals surface area (Å²) in [6.07, 6.45) is 0.668. The maximum absolute atomic E-state index is 11.9. The van der Waals surface area contributed by atoms with Crippen LogP contribution in [0.3, 0.4) is 0 Å². The molecule has 0 radical (unpaired) electrons. The SMILES string of the molecule is CCC(C)CS(=O)(=O)Nc1cccc(CC(=O)O)c1. The van der Waals surface area contributed by atoms with Crippen LogP contribution in [0.25, 0.3) is 0 Å². The third kappa shape index (κ3) is 5.74. The Morgan fingerprint density at radius 2 is 2.11 bits per heavy atom. The summed E-state index contributed by atoms with van der Waals surface area (Å²) in [7, 11) is -3.39. The molecule has 1 rings (SSSR count). The molecule has 106 valence electrons. The summed E-state index contributed by atoms with van der Waals surface area (Å²) in [5, 5.41) is 8.70. The molecule has 0 heterocycles. The van der Waals surface area contributed by atoms with Gasteiger partial charge in [0, 0.05) is 5.69 Å². The highest BCUT2D eigenvalue weighted by atomic mass is 32.2. The lowest BCUT2D eigenvalue weighted by molar-refractivity contribution is -0.136. The highest BCUT2D eigenvalue weighted by Crippen LogP contribution is 2.15. The summed E-state index contributed by atoms with van der Waals surface area (Å²) in [4.78, 5) is 10.6. The molecule has 0 aliphatic carbocycles. The summed E-state index contributed by atoms with van der Waals surface area (Å²) in [5.74, 6) is -0.800. The molecule has 0 amide bonds. The summed E-state index contributed by atoms with van der Waals surface area (Å²) in [5.41, 5.74) is 0.971. The van der Waals surface area contributed by atoms with E-state index in [1.807, 2.05) is 13.8 Å². The molecule has 0 saturated heterocycles. The van der Waals surface area contributed by atoms with Gasteiger partial charge in [0.1, 0.15) is 0 Å². The zero-order chi connectivity index (χ0) is 14.5. The first-order chi connectivity index (χ1) is 8.82. The molecule has 0 spiro atoms. The largest absolute Gasteiger partial charge is 0.481 e. The minimum Gasteiger partial charge on any atom is -0.481 e. The van der Waals surface area contributed by atoms with Crippen LogP contribution in [0.5, 0.6) is 0 Å². The number of rotatable bonds is 7. The van der Waals surface area contributed by atoms with Gasteiger partial charge in [-0.15, -0.1) is 0 Å². The van der Waals surface area contributed by atoms with Crippen LogP contribution in [-0.2, 0) is 21.2 Å². The van der Waals surface area contributed by atoms with Crippen molar-refractivity contribution in [3.05, 3.63) is 29.8 Å². The number of benzene rings is 1. The second-order valence-electron chi connectivity index (χ2n) is 4.67. The number of hydrogen-bond donors (Lipinski definition) is 2. The van der Waals surface area contributed by atoms with Gasteiger partial charge in [0.2, 0.25) is 10.0 Å². The Morgan fingerprint density at radius 3 is 2.68 bits per heavy atom. The third-order valence-corrected chi connectivity index (χ3v) is 4.31. The minimum atomic E-state index is -3.39. The molecule has 1 aromatic carbocycles. The predicted molar refractivity (Wildman–Crippen MR) is 74.6 cm³/mol. The summed E-state index contributed by atoms with van der Waals surface area (Å²) in [6.45, 7) is 3.81. The van der Waals surface area contributed by atoms with Crippen molar-refractivity contribution < 1.29 is 18.3 Å². The Hall–Kier alpha value is -1.56. The van der Waals surface area contributed by atoms with E-state index in [9.17, 15) is 13.2 Å². The lowest BCUT2D eigenvalue weighted by atomic mass is 10.1. The Balaban J connectivity index is 2.79. The highest BCUT2D eigenvalue weighted by Gasteiger charge is 2.14. The van der Waals surface area contributed by atoms with Crippen LogP contribution in [-0.4, -0.2) is 25.2 Å². The van der Waals surface area contributed by atoms with Gasteiger partial charge in [0.15, 0.2) is 0 Å². The normalized spacial score (nSPS) is 12.9. The average Bonchev–Trinajstić information content (AvgIpc) is 2.26. The monoisotopic (exact) mass is 285 g/mol. The number of hydrogen-bond acceptors (Lipinski definition) is 3. The smallest absolute Gasteiger partial charge is 0.307 e. The van der Waals surface area contributed by atoms with Crippen molar-refractivity contribution in [2.45, 2.75) is 26.7 Å². The quantitative estimate of drug-likeness (QED) is 0.803. The summed E-state index contributed by atoms with van der Waals surface area (Å²) in [6, 6.07) is 6.45. The molecule has 0 fully saturated rings. The second kappa shape index (κ2) is 6.56. The van der Waals surface area contributed by atoms with Crippen LogP contribution in [0.15, 0.2) is 24.3 Å². The fourth-order valence-corrected chi connectivity index (χ4v) is 3.19. The number of nitrogens with one attached hydrogen (secondary N) is 1. The summed E-state index contributed by atoms with van der Waals surface area (Å²) < 4.78 is 26.2. The highest BCUT2D eigenvalue weighted by molar-refractivity contribution is 7.92. The number of carbonyl (C=O) groups is 1. The Morgan fingerprint density at radius 1 is 1.42 bits per heavy atom. The number of carboxylic acid groups (broad SMARTS) is 1. The van der Waals surface area contributed by atoms with E-state index in [2.05, 4.69) is 4.72 Å². The zero-order valence-electron chi connectivity index (χ0n) is 11.1. The Bertz CT molecular complexity index is 539. The van der Waals surface area contributed by atoms with Gasteiger partial charge in [-0.1, -0.05) is 32.4 Å². The van der Waals surface area contributed by atoms with E-state index in [1.165, 1.54) is 0 Å². The first-order valence-corrected chi connectivity index (χ1v) is 7.79. The average molecular weight is 285 g/mol.